The number of rotatable bonds is 7. The Kier molecular flexibility index (Phi) is 7.40. The van der Waals surface area contributed by atoms with Crippen molar-refractivity contribution in [1.82, 2.24) is 9.78 Å². The summed E-state index contributed by atoms with van der Waals surface area (Å²) in [6.07, 6.45) is 0.0474. The lowest BCUT2D eigenvalue weighted by Gasteiger charge is -2.18. The fourth-order valence-corrected chi connectivity index (χ4v) is 5.59. The first-order chi connectivity index (χ1) is 19.2. The molecular weight excluding hydrogens is 532 g/mol. The minimum atomic E-state index is -0.690. The van der Waals surface area contributed by atoms with E-state index in [0.29, 0.717) is 11.4 Å². The number of anilines is 2. The standard InChI is InChI=1S/C29H28N4O6S/c1-5-39-29(37)25-22-15-40-27(24(22)28(36)33(31-25)20-7-6-8-21(13-20)38-4)30-26(35)18-12-23(34)32(14-18)19-10-9-16(2)17(3)11-19/h6-11,13,15,18H,5,12,14H2,1-4H3,(H,30,35). The molecule has 2 aromatic carbocycles. The fourth-order valence-electron chi connectivity index (χ4n) is 4.65. The van der Waals surface area contributed by atoms with Gasteiger partial charge in [0, 0.05) is 35.5 Å². The average molecular weight is 561 g/mol. The predicted octanol–water partition coefficient (Wildman–Crippen LogP) is 4.24. The van der Waals surface area contributed by atoms with Crippen molar-refractivity contribution in [2.75, 3.05) is 30.5 Å². The van der Waals surface area contributed by atoms with Gasteiger partial charge in [0.25, 0.3) is 5.56 Å². The summed E-state index contributed by atoms with van der Waals surface area (Å²) in [6, 6.07) is 12.5. The predicted molar refractivity (Wildman–Crippen MR) is 153 cm³/mol. The van der Waals surface area contributed by atoms with Gasteiger partial charge >= 0.3 is 5.97 Å². The molecule has 1 saturated heterocycles. The number of amides is 2. The second-order valence-electron chi connectivity index (χ2n) is 9.50. The minimum Gasteiger partial charge on any atom is -0.497 e. The number of hydrogen-bond acceptors (Lipinski definition) is 8. The summed E-state index contributed by atoms with van der Waals surface area (Å²) in [5, 5.41) is 9.44. The number of ether oxygens (including phenoxy) is 2. The molecule has 1 aliphatic heterocycles. The summed E-state index contributed by atoms with van der Waals surface area (Å²) in [5.41, 5.74) is 2.73. The third kappa shape index (κ3) is 4.95. The Labute approximate surface area is 234 Å². The van der Waals surface area contributed by atoms with Crippen LogP contribution in [-0.4, -0.2) is 47.8 Å². The molecule has 0 bridgehead atoms. The van der Waals surface area contributed by atoms with E-state index in [1.807, 2.05) is 32.0 Å². The maximum absolute atomic E-state index is 13.7. The summed E-state index contributed by atoms with van der Waals surface area (Å²) >= 11 is 1.11. The summed E-state index contributed by atoms with van der Waals surface area (Å²) in [6.45, 7) is 6.00. The van der Waals surface area contributed by atoms with Crippen LogP contribution in [0.1, 0.15) is 35.0 Å². The molecule has 1 atom stereocenters. The molecule has 40 heavy (non-hydrogen) atoms. The van der Waals surface area contributed by atoms with Gasteiger partial charge < -0.3 is 19.7 Å². The molecule has 0 saturated carbocycles. The number of carbonyl (C=O) groups is 3. The van der Waals surface area contributed by atoms with Crippen LogP contribution in [0.5, 0.6) is 5.75 Å². The van der Waals surface area contributed by atoms with E-state index in [2.05, 4.69) is 10.4 Å². The molecule has 10 nitrogen and oxygen atoms in total. The van der Waals surface area contributed by atoms with E-state index in [9.17, 15) is 19.2 Å². The number of nitrogens with one attached hydrogen (secondary N) is 1. The van der Waals surface area contributed by atoms with Gasteiger partial charge in [0.05, 0.1) is 30.7 Å². The van der Waals surface area contributed by atoms with Gasteiger partial charge in [0.2, 0.25) is 11.8 Å². The van der Waals surface area contributed by atoms with Crippen LogP contribution in [0.2, 0.25) is 0 Å². The highest BCUT2D eigenvalue weighted by Gasteiger charge is 2.36. The third-order valence-electron chi connectivity index (χ3n) is 6.95. The molecule has 4 aromatic rings. The Morgan fingerprint density at radius 2 is 1.90 bits per heavy atom. The normalized spacial score (nSPS) is 14.9. The number of fused-ring (bicyclic) bond motifs is 1. The molecule has 5 rings (SSSR count). The Bertz CT molecular complexity index is 1710. The van der Waals surface area contributed by atoms with Crippen molar-refractivity contribution >= 4 is 50.6 Å². The number of hydrogen-bond donors (Lipinski definition) is 1. The van der Waals surface area contributed by atoms with Crippen molar-refractivity contribution in [3.8, 4) is 11.4 Å². The van der Waals surface area contributed by atoms with E-state index in [1.54, 1.807) is 41.5 Å². The summed E-state index contributed by atoms with van der Waals surface area (Å²) < 4.78 is 11.6. The number of nitrogens with zero attached hydrogens (tertiary/aromatic N) is 3. The lowest BCUT2D eigenvalue weighted by Crippen LogP contribution is -2.29. The first-order valence-corrected chi connectivity index (χ1v) is 13.6. The maximum Gasteiger partial charge on any atom is 0.359 e. The Morgan fingerprint density at radius 1 is 1.10 bits per heavy atom. The Balaban J connectivity index is 1.50. The van der Waals surface area contributed by atoms with Gasteiger partial charge in [-0.25, -0.2) is 4.79 Å². The number of aryl methyl sites for hydroxylation is 2. The van der Waals surface area contributed by atoms with Crippen molar-refractivity contribution < 1.29 is 23.9 Å². The van der Waals surface area contributed by atoms with Crippen molar-refractivity contribution in [2.45, 2.75) is 27.2 Å². The van der Waals surface area contributed by atoms with Crippen LogP contribution in [0.4, 0.5) is 10.7 Å². The van der Waals surface area contributed by atoms with Crippen LogP contribution in [0.25, 0.3) is 16.5 Å². The van der Waals surface area contributed by atoms with E-state index >= 15 is 0 Å². The smallest absolute Gasteiger partial charge is 0.359 e. The molecule has 2 aromatic heterocycles. The van der Waals surface area contributed by atoms with E-state index in [-0.39, 0.29) is 52.9 Å². The average Bonchev–Trinajstić information content (AvgIpc) is 3.54. The van der Waals surface area contributed by atoms with Crippen molar-refractivity contribution in [3.63, 3.8) is 0 Å². The van der Waals surface area contributed by atoms with Gasteiger partial charge in [-0.15, -0.1) is 11.3 Å². The summed E-state index contributed by atoms with van der Waals surface area (Å²) in [7, 11) is 1.50. The highest BCUT2D eigenvalue weighted by Crippen LogP contribution is 2.33. The van der Waals surface area contributed by atoms with Gasteiger partial charge in [-0.1, -0.05) is 12.1 Å². The highest BCUT2D eigenvalue weighted by molar-refractivity contribution is 7.16. The van der Waals surface area contributed by atoms with Gasteiger partial charge in [-0.05, 0) is 56.2 Å². The highest BCUT2D eigenvalue weighted by atomic mass is 32.1. The van der Waals surface area contributed by atoms with E-state index in [0.717, 1.165) is 32.8 Å². The molecule has 1 N–H and O–H groups in total. The molecule has 1 aliphatic rings. The zero-order valence-electron chi connectivity index (χ0n) is 22.5. The molecule has 206 valence electrons. The fraction of sp³-hybridized carbons (Fsp3) is 0.276. The van der Waals surface area contributed by atoms with Gasteiger partial charge in [-0.2, -0.15) is 9.78 Å². The Hall–Kier alpha value is -4.51. The molecule has 11 heteroatoms. The molecule has 2 amide bonds. The molecular formula is C29H28N4O6S. The monoisotopic (exact) mass is 560 g/mol. The summed E-state index contributed by atoms with van der Waals surface area (Å²) in [4.78, 5) is 54.3. The largest absolute Gasteiger partial charge is 0.497 e. The topological polar surface area (TPSA) is 120 Å². The SMILES string of the molecule is CCOC(=O)c1nn(-c2cccc(OC)c2)c(=O)c2c(NC(=O)C3CC(=O)N(c4ccc(C)c(C)c4)C3)scc12. The quantitative estimate of drug-likeness (QED) is 0.336. The van der Waals surface area contributed by atoms with Crippen LogP contribution in [0.15, 0.2) is 52.6 Å². The molecule has 1 fully saturated rings. The number of esters is 1. The van der Waals surface area contributed by atoms with Gasteiger partial charge in [0.15, 0.2) is 5.69 Å². The zero-order valence-corrected chi connectivity index (χ0v) is 23.3. The lowest BCUT2D eigenvalue weighted by atomic mass is 10.1. The van der Waals surface area contributed by atoms with Crippen LogP contribution < -0.4 is 20.5 Å². The van der Waals surface area contributed by atoms with E-state index in [1.165, 1.54) is 7.11 Å². The Morgan fingerprint density at radius 3 is 2.62 bits per heavy atom. The lowest BCUT2D eigenvalue weighted by molar-refractivity contribution is -0.122. The van der Waals surface area contributed by atoms with Crippen molar-refractivity contribution in [2.24, 2.45) is 5.92 Å². The van der Waals surface area contributed by atoms with Crippen LogP contribution in [-0.2, 0) is 14.3 Å². The molecule has 0 spiro atoms. The number of methoxy groups -OCH3 is 1. The molecule has 3 heterocycles. The number of aromatic nitrogens is 2. The summed E-state index contributed by atoms with van der Waals surface area (Å²) in [5.74, 6) is -1.33. The first-order valence-electron chi connectivity index (χ1n) is 12.8. The number of benzene rings is 2. The maximum atomic E-state index is 13.7. The minimum absolute atomic E-state index is 0.0474. The number of thiophene rings is 1. The van der Waals surface area contributed by atoms with Gasteiger partial charge in [-0.3, -0.25) is 14.4 Å². The molecule has 1 unspecified atom stereocenters. The van der Waals surface area contributed by atoms with Gasteiger partial charge in [0.1, 0.15) is 10.8 Å². The number of carbonyl (C=O) groups excluding carboxylic acids is 3. The third-order valence-corrected chi connectivity index (χ3v) is 7.85. The second-order valence-corrected chi connectivity index (χ2v) is 10.4. The first kappa shape index (κ1) is 27.1. The molecule has 0 radical (unpaired) electrons. The van der Waals surface area contributed by atoms with E-state index in [4.69, 9.17) is 9.47 Å². The molecule has 0 aliphatic carbocycles. The van der Waals surface area contributed by atoms with Crippen molar-refractivity contribution in [1.29, 1.82) is 0 Å². The van der Waals surface area contributed by atoms with Crippen molar-refractivity contribution in [3.05, 3.63) is 75.0 Å². The van der Waals surface area contributed by atoms with E-state index < -0.39 is 17.4 Å². The van der Waals surface area contributed by atoms with Crippen LogP contribution in [0.3, 0.4) is 0 Å². The zero-order chi connectivity index (χ0) is 28.6. The second kappa shape index (κ2) is 10.9. The van der Waals surface area contributed by atoms with Crippen LogP contribution >= 0.6 is 11.3 Å². The van der Waals surface area contributed by atoms with Crippen LogP contribution in [0, 0.1) is 19.8 Å².